The Morgan fingerprint density at radius 3 is 2.77 bits per heavy atom. The van der Waals surface area contributed by atoms with Crippen molar-refractivity contribution in [3.8, 4) is 0 Å². The molecule has 3 heteroatoms. The first kappa shape index (κ1) is 8.13. The first-order chi connectivity index (χ1) is 6.20. The lowest BCUT2D eigenvalue weighted by Crippen LogP contribution is -2.01. The van der Waals surface area contributed by atoms with Crippen molar-refractivity contribution in [2.75, 3.05) is 5.73 Å². The van der Waals surface area contributed by atoms with E-state index in [1.54, 1.807) is 17.7 Å². The molecule has 0 fully saturated rings. The maximum Gasteiger partial charge on any atom is 0.128 e. The number of para-hydroxylation sites is 1. The highest BCUT2D eigenvalue weighted by molar-refractivity contribution is 5.91. The van der Waals surface area contributed by atoms with Gasteiger partial charge in [0.1, 0.15) is 6.23 Å². The third-order valence-electron chi connectivity index (χ3n) is 2.17. The van der Waals surface area contributed by atoms with E-state index in [0.717, 1.165) is 10.9 Å². The molecule has 1 unspecified atom stereocenters. The summed E-state index contributed by atoms with van der Waals surface area (Å²) in [4.78, 5) is 0. The van der Waals surface area contributed by atoms with E-state index in [-0.39, 0.29) is 0 Å². The molecule has 1 heterocycles. The topological polar surface area (TPSA) is 51.2 Å². The molecule has 2 aromatic rings. The summed E-state index contributed by atoms with van der Waals surface area (Å²) in [6.45, 7) is 1.71. The van der Waals surface area contributed by atoms with E-state index in [9.17, 15) is 5.11 Å². The monoisotopic (exact) mass is 176 g/mol. The third-order valence-corrected chi connectivity index (χ3v) is 2.17. The van der Waals surface area contributed by atoms with Crippen LogP contribution in [0.3, 0.4) is 0 Å². The van der Waals surface area contributed by atoms with Crippen LogP contribution in [0.2, 0.25) is 0 Å². The Morgan fingerprint density at radius 2 is 2.08 bits per heavy atom. The van der Waals surface area contributed by atoms with Gasteiger partial charge < -0.3 is 15.4 Å². The molecular weight excluding hydrogens is 164 g/mol. The van der Waals surface area contributed by atoms with E-state index in [1.807, 2.05) is 24.3 Å². The van der Waals surface area contributed by atoms with Crippen LogP contribution in [0.15, 0.2) is 30.5 Å². The van der Waals surface area contributed by atoms with E-state index >= 15 is 0 Å². The van der Waals surface area contributed by atoms with Crippen LogP contribution in [0.4, 0.5) is 5.69 Å². The van der Waals surface area contributed by atoms with Crippen LogP contribution < -0.4 is 5.73 Å². The minimum Gasteiger partial charge on any atom is -0.397 e. The van der Waals surface area contributed by atoms with Gasteiger partial charge >= 0.3 is 0 Å². The number of aliphatic hydroxyl groups excluding tert-OH is 1. The number of rotatable bonds is 1. The van der Waals surface area contributed by atoms with Gasteiger partial charge in [0, 0.05) is 11.6 Å². The average Bonchev–Trinajstić information content (AvgIpc) is 2.45. The van der Waals surface area contributed by atoms with Crippen LogP contribution in [0, 0.1) is 0 Å². The summed E-state index contributed by atoms with van der Waals surface area (Å²) in [6, 6.07) is 7.76. The minimum absolute atomic E-state index is 0.540. The van der Waals surface area contributed by atoms with Crippen molar-refractivity contribution < 1.29 is 5.11 Å². The van der Waals surface area contributed by atoms with Crippen LogP contribution in [0.5, 0.6) is 0 Å². The minimum atomic E-state index is -0.540. The van der Waals surface area contributed by atoms with Gasteiger partial charge in [-0.25, -0.2) is 0 Å². The molecule has 1 atom stereocenters. The zero-order valence-electron chi connectivity index (χ0n) is 7.44. The van der Waals surface area contributed by atoms with Gasteiger partial charge in [-0.1, -0.05) is 18.2 Å². The van der Waals surface area contributed by atoms with Gasteiger partial charge in [-0.15, -0.1) is 0 Å². The molecule has 0 bridgehead atoms. The second kappa shape index (κ2) is 2.78. The number of nitrogens with zero attached hydrogens (tertiary/aromatic N) is 1. The van der Waals surface area contributed by atoms with Gasteiger partial charge in [-0.05, 0) is 13.0 Å². The lowest BCUT2D eigenvalue weighted by Gasteiger charge is -2.06. The van der Waals surface area contributed by atoms with E-state index in [0.29, 0.717) is 5.69 Å². The number of fused-ring (bicyclic) bond motifs is 1. The second-order valence-corrected chi connectivity index (χ2v) is 3.14. The van der Waals surface area contributed by atoms with Crippen LogP contribution in [-0.2, 0) is 0 Å². The number of hydrogen-bond donors (Lipinski definition) is 2. The Bertz CT molecular complexity index is 431. The lowest BCUT2D eigenvalue weighted by molar-refractivity contribution is 0.129. The molecule has 0 saturated carbocycles. The normalized spacial score (nSPS) is 13.4. The summed E-state index contributed by atoms with van der Waals surface area (Å²) < 4.78 is 1.75. The lowest BCUT2D eigenvalue weighted by atomic mass is 10.2. The molecule has 0 aliphatic heterocycles. The fourth-order valence-corrected chi connectivity index (χ4v) is 1.54. The Hall–Kier alpha value is -1.48. The quantitative estimate of drug-likeness (QED) is 0.695. The molecular formula is C10H12N2O. The predicted octanol–water partition coefficient (Wildman–Crippen LogP) is 1.73. The van der Waals surface area contributed by atoms with Crippen LogP contribution in [-0.4, -0.2) is 9.67 Å². The largest absolute Gasteiger partial charge is 0.397 e. The molecule has 68 valence electrons. The maximum absolute atomic E-state index is 9.44. The predicted molar refractivity (Wildman–Crippen MR) is 53.3 cm³/mol. The van der Waals surface area contributed by atoms with Crippen molar-refractivity contribution in [2.24, 2.45) is 0 Å². The summed E-state index contributed by atoms with van der Waals surface area (Å²) in [5.41, 5.74) is 7.46. The van der Waals surface area contributed by atoms with E-state index in [1.165, 1.54) is 0 Å². The van der Waals surface area contributed by atoms with E-state index in [4.69, 9.17) is 5.73 Å². The van der Waals surface area contributed by atoms with Gasteiger partial charge in [-0.2, -0.15) is 0 Å². The molecule has 3 N–H and O–H groups in total. The fraction of sp³-hybridized carbons (Fsp3) is 0.200. The van der Waals surface area contributed by atoms with Crippen molar-refractivity contribution >= 4 is 16.6 Å². The molecule has 0 saturated heterocycles. The highest BCUT2D eigenvalue weighted by Gasteiger charge is 2.07. The van der Waals surface area contributed by atoms with Crippen LogP contribution >= 0.6 is 0 Å². The first-order valence-electron chi connectivity index (χ1n) is 4.23. The van der Waals surface area contributed by atoms with E-state index < -0.39 is 6.23 Å². The zero-order chi connectivity index (χ0) is 9.42. The van der Waals surface area contributed by atoms with Gasteiger partial charge in [0.25, 0.3) is 0 Å². The highest BCUT2D eigenvalue weighted by atomic mass is 16.3. The molecule has 1 aromatic heterocycles. The number of aromatic nitrogens is 1. The maximum atomic E-state index is 9.44. The summed E-state index contributed by atoms with van der Waals surface area (Å²) in [5.74, 6) is 0. The Balaban J connectivity index is 2.78. The Labute approximate surface area is 76.4 Å². The second-order valence-electron chi connectivity index (χ2n) is 3.14. The van der Waals surface area contributed by atoms with Crippen molar-refractivity contribution in [1.82, 2.24) is 4.57 Å². The number of benzene rings is 1. The Kier molecular flexibility index (Phi) is 1.74. The highest BCUT2D eigenvalue weighted by Crippen LogP contribution is 2.25. The van der Waals surface area contributed by atoms with Crippen molar-refractivity contribution in [2.45, 2.75) is 13.2 Å². The molecule has 2 rings (SSSR count). The van der Waals surface area contributed by atoms with Gasteiger partial charge in [0.05, 0.1) is 11.2 Å². The van der Waals surface area contributed by atoms with Crippen LogP contribution in [0.1, 0.15) is 13.2 Å². The number of nitrogens with two attached hydrogens (primary N) is 1. The fourth-order valence-electron chi connectivity index (χ4n) is 1.54. The summed E-state index contributed by atoms with van der Waals surface area (Å²) in [7, 11) is 0. The summed E-state index contributed by atoms with van der Waals surface area (Å²) in [5, 5.41) is 10.4. The number of aliphatic hydroxyl groups is 1. The molecule has 3 nitrogen and oxygen atoms in total. The first-order valence-corrected chi connectivity index (χ1v) is 4.23. The third kappa shape index (κ3) is 1.17. The molecule has 0 aliphatic rings. The number of hydrogen-bond acceptors (Lipinski definition) is 2. The molecule has 0 spiro atoms. The number of anilines is 1. The smallest absolute Gasteiger partial charge is 0.128 e. The molecule has 0 radical (unpaired) electrons. The molecule has 0 amide bonds. The van der Waals surface area contributed by atoms with Gasteiger partial charge in [0.15, 0.2) is 0 Å². The van der Waals surface area contributed by atoms with Crippen molar-refractivity contribution in [3.63, 3.8) is 0 Å². The van der Waals surface area contributed by atoms with Crippen molar-refractivity contribution in [3.05, 3.63) is 30.5 Å². The Morgan fingerprint density at radius 1 is 1.38 bits per heavy atom. The standard InChI is InChI=1S/C10H12N2O/c1-7(13)12-6-9(11)8-4-2-3-5-10(8)12/h2-7,13H,11H2,1H3. The summed E-state index contributed by atoms with van der Waals surface area (Å²) in [6.07, 6.45) is 1.22. The number of nitrogen functional groups attached to an aromatic ring is 1. The van der Waals surface area contributed by atoms with Crippen LogP contribution in [0.25, 0.3) is 10.9 Å². The molecule has 1 aromatic carbocycles. The van der Waals surface area contributed by atoms with Crippen molar-refractivity contribution in [1.29, 1.82) is 0 Å². The molecule has 0 aliphatic carbocycles. The molecule has 13 heavy (non-hydrogen) atoms. The summed E-state index contributed by atoms with van der Waals surface area (Å²) >= 11 is 0. The van der Waals surface area contributed by atoms with Gasteiger partial charge in [0.2, 0.25) is 0 Å². The SMILES string of the molecule is CC(O)n1cc(N)c2ccccc21. The van der Waals surface area contributed by atoms with E-state index in [2.05, 4.69) is 0 Å². The average molecular weight is 176 g/mol. The van der Waals surface area contributed by atoms with Gasteiger partial charge in [-0.3, -0.25) is 0 Å². The zero-order valence-corrected chi connectivity index (χ0v) is 7.44.